The van der Waals surface area contributed by atoms with Gasteiger partial charge in [-0.25, -0.2) is 0 Å². The van der Waals surface area contributed by atoms with E-state index in [1.165, 1.54) is 6.42 Å². The first-order valence-electron chi connectivity index (χ1n) is 7.52. The van der Waals surface area contributed by atoms with E-state index in [-0.39, 0.29) is 5.54 Å². The molecule has 0 aromatic rings. The molecule has 1 rings (SSSR count). The van der Waals surface area contributed by atoms with Gasteiger partial charge in [-0.15, -0.1) is 0 Å². The molecule has 1 heterocycles. The van der Waals surface area contributed by atoms with Crippen LogP contribution in [0.5, 0.6) is 0 Å². The summed E-state index contributed by atoms with van der Waals surface area (Å²) >= 11 is 0. The minimum absolute atomic E-state index is 0.244. The molecule has 3 unspecified atom stereocenters. The maximum absolute atomic E-state index is 5.77. The van der Waals surface area contributed by atoms with E-state index in [1.54, 1.807) is 0 Å². The molecule has 0 amide bonds. The van der Waals surface area contributed by atoms with Crippen molar-refractivity contribution in [1.29, 1.82) is 0 Å². The molecule has 1 aliphatic rings. The molecule has 0 aromatic heterocycles. The van der Waals surface area contributed by atoms with Crippen LogP contribution >= 0.6 is 0 Å². The summed E-state index contributed by atoms with van der Waals surface area (Å²) in [6.45, 7) is 16.6. The number of rotatable bonds is 6. The van der Waals surface area contributed by atoms with Gasteiger partial charge in [-0.3, -0.25) is 4.90 Å². The molecule has 0 spiro atoms. The lowest BCUT2D eigenvalue weighted by molar-refractivity contribution is -0.0700. The summed E-state index contributed by atoms with van der Waals surface area (Å²) in [6, 6.07) is 1.16. The van der Waals surface area contributed by atoms with Gasteiger partial charge < -0.3 is 10.1 Å². The van der Waals surface area contributed by atoms with Crippen molar-refractivity contribution in [3.05, 3.63) is 0 Å². The van der Waals surface area contributed by atoms with Gasteiger partial charge in [0.1, 0.15) is 0 Å². The quantitative estimate of drug-likeness (QED) is 0.791. The Bertz CT molecular complexity index is 243. The summed E-state index contributed by atoms with van der Waals surface area (Å²) in [5, 5.41) is 3.68. The highest BCUT2D eigenvalue weighted by Crippen LogP contribution is 2.18. The lowest BCUT2D eigenvalue weighted by Crippen LogP contribution is -2.56. The predicted molar refractivity (Wildman–Crippen MR) is 78.0 cm³/mol. The monoisotopic (exact) mass is 256 g/mol. The summed E-state index contributed by atoms with van der Waals surface area (Å²) in [5.74, 6) is 0. The van der Waals surface area contributed by atoms with Crippen LogP contribution in [0.3, 0.4) is 0 Å². The molecule has 0 radical (unpaired) electrons. The fourth-order valence-electron chi connectivity index (χ4n) is 2.43. The Morgan fingerprint density at radius 3 is 2.61 bits per heavy atom. The van der Waals surface area contributed by atoms with Gasteiger partial charge in [0.25, 0.3) is 0 Å². The van der Waals surface area contributed by atoms with Gasteiger partial charge in [0.2, 0.25) is 0 Å². The van der Waals surface area contributed by atoms with Crippen molar-refractivity contribution in [2.75, 3.05) is 19.7 Å². The van der Waals surface area contributed by atoms with Crippen molar-refractivity contribution in [3.63, 3.8) is 0 Å². The normalized spacial score (nSPS) is 28.3. The molecule has 1 fully saturated rings. The van der Waals surface area contributed by atoms with Gasteiger partial charge in [-0.2, -0.15) is 0 Å². The Morgan fingerprint density at radius 2 is 2.06 bits per heavy atom. The molecule has 1 N–H and O–H groups in total. The molecule has 108 valence electrons. The number of ether oxygens (including phenoxy) is 1. The van der Waals surface area contributed by atoms with E-state index in [2.05, 4.69) is 51.8 Å². The van der Waals surface area contributed by atoms with Crippen molar-refractivity contribution in [2.45, 2.75) is 78.1 Å². The second kappa shape index (κ2) is 6.88. The molecule has 1 aliphatic heterocycles. The first kappa shape index (κ1) is 15.9. The lowest BCUT2D eigenvalue weighted by Gasteiger charge is -2.43. The molecule has 3 atom stereocenters. The van der Waals surface area contributed by atoms with Gasteiger partial charge in [-0.05, 0) is 40.5 Å². The van der Waals surface area contributed by atoms with Crippen LogP contribution in [-0.2, 0) is 4.74 Å². The van der Waals surface area contributed by atoms with Crippen LogP contribution in [0.4, 0.5) is 0 Å². The van der Waals surface area contributed by atoms with Gasteiger partial charge in [0, 0.05) is 30.7 Å². The highest BCUT2D eigenvalue weighted by molar-refractivity contribution is 4.85. The molecule has 0 aromatic carbocycles. The van der Waals surface area contributed by atoms with Gasteiger partial charge in [0.15, 0.2) is 0 Å². The smallest absolute Gasteiger partial charge is 0.0674 e. The van der Waals surface area contributed by atoms with Crippen molar-refractivity contribution >= 4 is 0 Å². The van der Waals surface area contributed by atoms with Crippen LogP contribution < -0.4 is 5.32 Å². The number of nitrogens with zero attached hydrogens (tertiary/aromatic N) is 1. The Labute approximate surface area is 113 Å². The fraction of sp³-hybridized carbons (Fsp3) is 1.00. The molecule has 3 nitrogen and oxygen atoms in total. The molecule has 1 saturated heterocycles. The maximum atomic E-state index is 5.77. The second-order valence-electron chi connectivity index (χ2n) is 6.37. The van der Waals surface area contributed by atoms with E-state index in [9.17, 15) is 0 Å². The topological polar surface area (TPSA) is 24.5 Å². The minimum Gasteiger partial charge on any atom is -0.376 e. The zero-order valence-electron chi connectivity index (χ0n) is 13.1. The Hall–Kier alpha value is -0.120. The first-order chi connectivity index (χ1) is 8.39. The summed E-state index contributed by atoms with van der Waals surface area (Å²) in [6.07, 6.45) is 2.71. The lowest BCUT2D eigenvalue weighted by atomic mass is 10.0. The molecule has 0 bridgehead atoms. The van der Waals surface area contributed by atoms with E-state index in [0.717, 1.165) is 26.1 Å². The van der Waals surface area contributed by atoms with Crippen molar-refractivity contribution in [2.24, 2.45) is 0 Å². The Morgan fingerprint density at radius 1 is 1.39 bits per heavy atom. The first-order valence-corrected chi connectivity index (χ1v) is 7.52. The fourth-order valence-corrected chi connectivity index (χ4v) is 2.43. The minimum atomic E-state index is 0.244. The molecular formula is C15H32N2O. The van der Waals surface area contributed by atoms with E-state index >= 15 is 0 Å². The highest BCUT2D eigenvalue weighted by atomic mass is 16.5. The summed E-state index contributed by atoms with van der Waals surface area (Å²) in [4.78, 5) is 2.62. The Kier molecular flexibility index (Phi) is 6.09. The van der Waals surface area contributed by atoms with Crippen LogP contribution in [0, 0.1) is 0 Å². The summed E-state index contributed by atoms with van der Waals surface area (Å²) < 4.78 is 5.77. The number of hydrogen-bond donors (Lipinski definition) is 1. The average Bonchev–Trinajstić information content (AvgIpc) is 2.36. The summed E-state index contributed by atoms with van der Waals surface area (Å²) in [7, 11) is 0. The summed E-state index contributed by atoms with van der Waals surface area (Å²) in [5.41, 5.74) is 0.244. The maximum Gasteiger partial charge on any atom is 0.0674 e. The van der Waals surface area contributed by atoms with E-state index in [1.807, 2.05) is 0 Å². The largest absolute Gasteiger partial charge is 0.376 e. The van der Waals surface area contributed by atoms with Crippen molar-refractivity contribution in [1.82, 2.24) is 10.2 Å². The van der Waals surface area contributed by atoms with Crippen LogP contribution in [0.15, 0.2) is 0 Å². The zero-order chi connectivity index (χ0) is 13.8. The van der Waals surface area contributed by atoms with Crippen LogP contribution in [-0.4, -0.2) is 48.3 Å². The Balaban J connectivity index is 2.50. The predicted octanol–water partition coefficient (Wildman–Crippen LogP) is 2.65. The van der Waals surface area contributed by atoms with E-state index in [4.69, 9.17) is 4.74 Å². The third-order valence-corrected chi connectivity index (χ3v) is 4.31. The van der Waals surface area contributed by atoms with Gasteiger partial charge >= 0.3 is 0 Å². The second-order valence-corrected chi connectivity index (χ2v) is 6.37. The highest BCUT2D eigenvalue weighted by Gasteiger charge is 2.29. The number of hydrogen-bond acceptors (Lipinski definition) is 3. The van der Waals surface area contributed by atoms with Gasteiger partial charge in [0.05, 0.1) is 12.7 Å². The standard InChI is InChI=1S/C15H32N2O/c1-7-14-11-18-13(4)10-17(14)12(3)9-16-15(5,6)8-2/h12-14,16H,7-11H2,1-6H3. The molecular weight excluding hydrogens is 224 g/mol. The third-order valence-electron chi connectivity index (χ3n) is 4.31. The van der Waals surface area contributed by atoms with Crippen LogP contribution in [0.2, 0.25) is 0 Å². The molecule has 18 heavy (non-hydrogen) atoms. The van der Waals surface area contributed by atoms with Crippen LogP contribution in [0.25, 0.3) is 0 Å². The SMILES string of the molecule is CCC1COC(C)CN1C(C)CNC(C)(C)CC. The molecule has 3 heteroatoms. The van der Waals surface area contributed by atoms with Crippen molar-refractivity contribution < 1.29 is 4.74 Å². The van der Waals surface area contributed by atoms with Crippen LogP contribution in [0.1, 0.15) is 54.4 Å². The zero-order valence-corrected chi connectivity index (χ0v) is 13.1. The number of nitrogens with one attached hydrogen (secondary N) is 1. The van der Waals surface area contributed by atoms with Crippen molar-refractivity contribution in [3.8, 4) is 0 Å². The van der Waals surface area contributed by atoms with E-state index < -0.39 is 0 Å². The molecule has 0 aliphatic carbocycles. The number of morpholine rings is 1. The van der Waals surface area contributed by atoms with E-state index in [0.29, 0.717) is 18.2 Å². The van der Waals surface area contributed by atoms with Gasteiger partial charge in [-0.1, -0.05) is 13.8 Å². The molecule has 0 saturated carbocycles. The average molecular weight is 256 g/mol. The third kappa shape index (κ3) is 4.52.